The Morgan fingerprint density at radius 2 is 1.90 bits per heavy atom. The van der Waals surface area contributed by atoms with Crippen molar-refractivity contribution in [3.05, 3.63) is 94.3 Å². The molecular weight excluding hydrogens is 514 g/mol. The monoisotopic (exact) mass is 543 g/mol. The van der Waals surface area contributed by atoms with Crippen molar-refractivity contribution in [3.8, 4) is 22.8 Å². The fraction of sp³-hybridized carbons (Fsp3) is 0.267. The van der Waals surface area contributed by atoms with Crippen molar-refractivity contribution in [2.75, 3.05) is 19.9 Å². The van der Waals surface area contributed by atoms with Crippen LogP contribution in [0.15, 0.2) is 78.2 Å². The van der Waals surface area contributed by atoms with Gasteiger partial charge in [0.25, 0.3) is 5.91 Å². The number of H-pyrrole nitrogens is 1. The first kappa shape index (κ1) is 25.2. The van der Waals surface area contributed by atoms with Gasteiger partial charge in [-0.3, -0.25) is 9.59 Å². The number of hydrogen-bond acceptors (Lipinski definition) is 6. The van der Waals surface area contributed by atoms with Crippen LogP contribution < -0.4 is 14.8 Å². The van der Waals surface area contributed by atoms with E-state index in [4.69, 9.17) is 14.2 Å². The maximum absolute atomic E-state index is 14.2. The number of carbonyl (C=O) groups is 2. The van der Waals surface area contributed by atoms with Gasteiger partial charge in [-0.2, -0.15) is 0 Å². The van der Waals surface area contributed by atoms with Gasteiger partial charge in [0, 0.05) is 30.3 Å². The molecule has 2 aromatic carbocycles. The predicted molar refractivity (Wildman–Crippen MR) is 148 cm³/mol. The van der Waals surface area contributed by atoms with E-state index in [2.05, 4.69) is 10.3 Å². The molecule has 39 heavy (non-hydrogen) atoms. The van der Waals surface area contributed by atoms with Gasteiger partial charge in [0.15, 0.2) is 11.5 Å². The molecule has 0 saturated carbocycles. The van der Waals surface area contributed by atoms with Gasteiger partial charge in [-0.05, 0) is 59.7 Å². The summed E-state index contributed by atoms with van der Waals surface area (Å²) in [6.45, 7) is 1.48. The first-order valence-corrected chi connectivity index (χ1v) is 13.9. The van der Waals surface area contributed by atoms with Crippen LogP contribution >= 0.6 is 11.3 Å². The quantitative estimate of drug-likeness (QED) is 0.305. The van der Waals surface area contributed by atoms with Crippen LogP contribution in [0.1, 0.15) is 39.8 Å². The first-order chi connectivity index (χ1) is 19.2. The summed E-state index contributed by atoms with van der Waals surface area (Å²) < 4.78 is 16.7. The van der Waals surface area contributed by atoms with E-state index in [9.17, 15) is 9.59 Å². The average molecular weight is 544 g/mol. The molecule has 2 aliphatic rings. The van der Waals surface area contributed by atoms with Crippen LogP contribution in [-0.4, -0.2) is 47.7 Å². The molecule has 200 valence electrons. The maximum Gasteiger partial charge on any atom is 0.271 e. The van der Waals surface area contributed by atoms with Crippen LogP contribution in [0, 0.1) is 0 Å². The fourth-order valence-electron chi connectivity index (χ4n) is 4.96. The zero-order valence-electron chi connectivity index (χ0n) is 21.3. The average Bonchev–Trinajstić information content (AvgIpc) is 3.79. The predicted octanol–water partition coefficient (Wildman–Crippen LogP) is 5.15. The lowest BCUT2D eigenvalue weighted by atomic mass is 10.1. The Morgan fingerprint density at radius 1 is 1.03 bits per heavy atom. The number of fused-ring (bicyclic) bond motifs is 1. The summed E-state index contributed by atoms with van der Waals surface area (Å²) >= 11 is 1.45. The standard InChI is InChI=1S/C30H29N3O5S/c34-29(31-17-22-8-4-14-36-22)28(27-9-5-15-39-27)33(18-20-10-13-25-26(16-20)38-19-37-25)30(35)24-12-11-23(32-24)21-6-2-1-3-7-21/h1-3,5-7,9-13,15-16,22,28,32H,4,8,14,17-19H2,(H,31,34)/t22-,28-/m0/s1. The molecule has 6 rings (SSSR count). The molecule has 1 fully saturated rings. The smallest absolute Gasteiger partial charge is 0.271 e. The molecule has 1 saturated heterocycles. The molecular formula is C30H29N3O5S. The number of rotatable bonds is 9. The van der Waals surface area contributed by atoms with E-state index < -0.39 is 6.04 Å². The molecule has 0 bridgehead atoms. The van der Waals surface area contributed by atoms with Gasteiger partial charge in [0.05, 0.1) is 6.10 Å². The molecule has 2 atom stereocenters. The number of nitrogens with one attached hydrogen (secondary N) is 2. The lowest BCUT2D eigenvalue weighted by molar-refractivity contribution is -0.126. The van der Waals surface area contributed by atoms with Crippen LogP contribution in [0.5, 0.6) is 11.5 Å². The fourth-order valence-corrected chi connectivity index (χ4v) is 5.80. The van der Waals surface area contributed by atoms with Crippen LogP contribution in [0.3, 0.4) is 0 Å². The number of nitrogens with zero attached hydrogens (tertiary/aromatic N) is 1. The lowest BCUT2D eigenvalue weighted by Crippen LogP contribution is -2.44. The third-order valence-electron chi connectivity index (χ3n) is 6.95. The summed E-state index contributed by atoms with van der Waals surface area (Å²) in [5.74, 6) is 0.775. The van der Waals surface area contributed by atoms with Crippen molar-refractivity contribution in [2.45, 2.75) is 31.5 Å². The van der Waals surface area contributed by atoms with Gasteiger partial charge < -0.3 is 29.4 Å². The summed E-state index contributed by atoms with van der Waals surface area (Å²) in [5.41, 5.74) is 3.04. The SMILES string of the molecule is O=C(NC[C@@H]1CCCO1)[C@H](c1cccs1)N(Cc1ccc2c(c1)OCO2)C(=O)c1ccc(-c2ccccc2)[nH]1. The molecule has 0 unspecified atom stereocenters. The Balaban J connectivity index is 1.34. The molecule has 0 spiro atoms. The molecule has 4 aromatic rings. The number of amides is 2. The Bertz CT molecular complexity index is 1430. The molecule has 0 aliphatic carbocycles. The minimum atomic E-state index is -0.826. The maximum atomic E-state index is 14.2. The second kappa shape index (κ2) is 11.3. The molecule has 2 amide bonds. The highest BCUT2D eigenvalue weighted by molar-refractivity contribution is 7.10. The van der Waals surface area contributed by atoms with Gasteiger partial charge >= 0.3 is 0 Å². The summed E-state index contributed by atoms with van der Waals surface area (Å²) in [7, 11) is 0. The number of ether oxygens (including phenoxy) is 3. The minimum absolute atomic E-state index is 0.00668. The number of benzene rings is 2. The van der Waals surface area contributed by atoms with Crippen molar-refractivity contribution in [1.29, 1.82) is 0 Å². The summed E-state index contributed by atoms with van der Waals surface area (Å²) in [6.07, 6.45) is 1.89. The Morgan fingerprint density at radius 3 is 2.69 bits per heavy atom. The lowest BCUT2D eigenvalue weighted by Gasteiger charge is -2.30. The van der Waals surface area contributed by atoms with E-state index in [1.807, 2.05) is 72.1 Å². The number of carbonyl (C=O) groups excluding carboxylic acids is 2. The second-order valence-corrected chi connectivity index (χ2v) is 10.5. The van der Waals surface area contributed by atoms with E-state index in [0.29, 0.717) is 30.3 Å². The Hall–Kier alpha value is -4.08. The van der Waals surface area contributed by atoms with Gasteiger partial charge in [0.1, 0.15) is 11.7 Å². The molecule has 4 heterocycles. The van der Waals surface area contributed by atoms with Crippen molar-refractivity contribution in [1.82, 2.24) is 15.2 Å². The molecule has 8 nitrogen and oxygen atoms in total. The van der Waals surface area contributed by atoms with Crippen molar-refractivity contribution < 1.29 is 23.8 Å². The molecule has 2 aliphatic heterocycles. The Labute approximate surface area is 230 Å². The zero-order chi connectivity index (χ0) is 26.6. The van der Waals surface area contributed by atoms with Crippen molar-refractivity contribution >= 4 is 23.2 Å². The number of aromatic amines is 1. The van der Waals surface area contributed by atoms with Crippen LogP contribution in [-0.2, 0) is 16.1 Å². The van der Waals surface area contributed by atoms with Crippen LogP contribution in [0.2, 0.25) is 0 Å². The topological polar surface area (TPSA) is 92.9 Å². The van der Waals surface area contributed by atoms with Crippen LogP contribution in [0.25, 0.3) is 11.3 Å². The largest absolute Gasteiger partial charge is 0.454 e. The van der Waals surface area contributed by atoms with E-state index >= 15 is 0 Å². The van der Waals surface area contributed by atoms with Gasteiger partial charge in [0.2, 0.25) is 12.7 Å². The summed E-state index contributed by atoms with van der Waals surface area (Å²) in [4.78, 5) is 33.6. The molecule has 9 heteroatoms. The highest BCUT2D eigenvalue weighted by Gasteiger charge is 2.34. The third kappa shape index (κ3) is 5.55. The third-order valence-corrected chi connectivity index (χ3v) is 7.88. The first-order valence-electron chi connectivity index (χ1n) is 13.0. The Kier molecular flexibility index (Phi) is 7.33. The molecule has 0 radical (unpaired) electrons. The zero-order valence-corrected chi connectivity index (χ0v) is 22.1. The van der Waals surface area contributed by atoms with E-state index in [1.54, 1.807) is 11.0 Å². The number of hydrogen-bond donors (Lipinski definition) is 2. The van der Waals surface area contributed by atoms with Crippen molar-refractivity contribution in [2.24, 2.45) is 0 Å². The van der Waals surface area contributed by atoms with E-state index in [-0.39, 0.29) is 31.3 Å². The molecule has 2 N–H and O–H groups in total. The van der Waals surface area contributed by atoms with Gasteiger partial charge in [-0.25, -0.2) is 0 Å². The highest BCUT2D eigenvalue weighted by Crippen LogP contribution is 2.35. The van der Waals surface area contributed by atoms with Crippen molar-refractivity contribution in [3.63, 3.8) is 0 Å². The highest BCUT2D eigenvalue weighted by atomic mass is 32.1. The van der Waals surface area contributed by atoms with Crippen LogP contribution in [0.4, 0.5) is 0 Å². The number of aromatic nitrogens is 1. The summed E-state index contributed by atoms with van der Waals surface area (Å²) in [6, 6.07) is 22.0. The second-order valence-electron chi connectivity index (χ2n) is 9.57. The van der Waals surface area contributed by atoms with E-state index in [1.165, 1.54) is 11.3 Å². The van der Waals surface area contributed by atoms with E-state index in [0.717, 1.165) is 34.5 Å². The number of thiophene rings is 1. The molecule has 2 aromatic heterocycles. The van der Waals surface area contributed by atoms with Gasteiger partial charge in [-0.15, -0.1) is 11.3 Å². The normalized spacial score (nSPS) is 16.7. The summed E-state index contributed by atoms with van der Waals surface area (Å²) in [5, 5.41) is 4.97. The minimum Gasteiger partial charge on any atom is -0.454 e. The van der Waals surface area contributed by atoms with Gasteiger partial charge in [-0.1, -0.05) is 42.5 Å².